The number of carbonyl (C=O) groups is 1. The first-order chi connectivity index (χ1) is 20.5. The van der Waals surface area contributed by atoms with Crippen molar-refractivity contribution in [3.05, 3.63) is 111 Å². The lowest BCUT2D eigenvalue weighted by Crippen LogP contribution is -2.48. The topological polar surface area (TPSA) is 50.5 Å². The van der Waals surface area contributed by atoms with E-state index in [9.17, 15) is 40.3 Å². The fourth-order valence-corrected chi connectivity index (χ4v) is 5.84. The molecule has 1 saturated heterocycles. The minimum atomic E-state index is -5.03. The molecule has 0 aliphatic carbocycles. The maximum Gasteiger partial charge on any atom is 0.416 e. The molecule has 0 radical (unpaired) electrons. The molecule has 13 heteroatoms. The second kappa shape index (κ2) is 11.3. The van der Waals surface area contributed by atoms with E-state index in [1.54, 1.807) is 31.5 Å². The minimum absolute atomic E-state index is 0.0526. The number of likely N-dealkylation sites (tertiary alicyclic amines) is 1. The van der Waals surface area contributed by atoms with E-state index in [-0.39, 0.29) is 29.8 Å². The van der Waals surface area contributed by atoms with Crippen molar-refractivity contribution in [3.8, 4) is 5.69 Å². The number of amides is 2. The summed E-state index contributed by atoms with van der Waals surface area (Å²) in [6.07, 6.45) is -3.98. The molecular formula is C31H29F7N4O2. The van der Waals surface area contributed by atoms with Gasteiger partial charge in [-0.15, -0.1) is 0 Å². The average Bonchev–Trinajstić information content (AvgIpc) is 3.34. The first kappa shape index (κ1) is 31.1. The summed E-state index contributed by atoms with van der Waals surface area (Å²) in [6, 6.07) is 6.16. The number of hydrogen-bond donors (Lipinski definition) is 0. The number of piperidine rings is 1. The Morgan fingerprint density at radius 1 is 0.955 bits per heavy atom. The summed E-state index contributed by atoms with van der Waals surface area (Å²) in [6.45, 7) is 3.27. The molecule has 44 heavy (non-hydrogen) atoms. The Bertz CT molecular complexity index is 1680. The van der Waals surface area contributed by atoms with E-state index >= 15 is 0 Å². The molecule has 3 aliphatic rings. The van der Waals surface area contributed by atoms with Crippen LogP contribution in [0.3, 0.4) is 0 Å². The predicted molar refractivity (Wildman–Crippen MR) is 148 cm³/mol. The van der Waals surface area contributed by atoms with Gasteiger partial charge >= 0.3 is 18.4 Å². The molecule has 5 rings (SSSR count). The Hall–Kier alpha value is -4.29. The predicted octanol–water partition coefficient (Wildman–Crippen LogP) is 7.75. The van der Waals surface area contributed by atoms with Crippen LogP contribution in [0.15, 0.2) is 71.9 Å². The number of alkyl halides is 6. The highest BCUT2D eigenvalue weighted by Crippen LogP contribution is 2.41. The van der Waals surface area contributed by atoms with Crippen molar-refractivity contribution in [1.82, 2.24) is 18.9 Å². The van der Waals surface area contributed by atoms with E-state index in [0.717, 1.165) is 4.90 Å². The van der Waals surface area contributed by atoms with Crippen LogP contribution in [-0.4, -0.2) is 38.6 Å². The SMILES string of the molecule is Cc1cc(F)ccc1[C@H]1C[C@@H](n2ccn3c(=O)ccc-3c2)CCN1C(=O)N(C)[C@H](C)c1cc(C(F)(F)F)cc(C(F)(F)F)c1. The van der Waals surface area contributed by atoms with Crippen molar-refractivity contribution in [2.75, 3.05) is 13.6 Å². The molecule has 0 aromatic heterocycles. The average molecular weight is 623 g/mol. The zero-order valence-electron chi connectivity index (χ0n) is 24.0. The highest BCUT2D eigenvalue weighted by atomic mass is 19.4. The molecule has 0 unspecified atom stereocenters. The molecule has 1 fully saturated rings. The van der Waals surface area contributed by atoms with Gasteiger partial charge < -0.3 is 14.4 Å². The van der Waals surface area contributed by atoms with Crippen molar-refractivity contribution < 1.29 is 35.5 Å². The largest absolute Gasteiger partial charge is 0.416 e. The van der Waals surface area contributed by atoms with Gasteiger partial charge in [0.1, 0.15) is 5.82 Å². The molecule has 6 nitrogen and oxygen atoms in total. The van der Waals surface area contributed by atoms with Crippen LogP contribution in [0.4, 0.5) is 35.5 Å². The monoisotopic (exact) mass is 622 g/mol. The van der Waals surface area contributed by atoms with Crippen LogP contribution in [0.2, 0.25) is 0 Å². The van der Waals surface area contributed by atoms with Crippen LogP contribution < -0.4 is 5.56 Å². The van der Waals surface area contributed by atoms with Gasteiger partial charge in [0.05, 0.1) is 28.9 Å². The van der Waals surface area contributed by atoms with Gasteiger partial charge in [-0.25, -0.2) is 9.18 Å². The number of nitrogens with zero attached hydrogens (tertiary/aromatic N) is 4. The molecule has 234 valence electrons. The molecule has 3 heterocycles. The van der Waals surface area contributed by atoms with Gasteiger partial charge in [0.25, 0.3) is 5.56 Å². The number of aryl methyl sites for hydroxylation is 1. The van der Waals surface area contributed by atoms with E-state index in [2.05, 4.69) is 0 Å². The van der Waals surface area contributed by atoms with Gasteiger partial charge in [0.2, 0.25) is 0 Å². The number of aromatic nitrogens is 2. The second-order valence-electron chi connectivity index (χ2n) is 11.1. The Kier molecular flexibility index (Phi) is 8.02. The summed E-state index contributed by atoms with van der Waals surface area (Å²) in [5.74, 6) is -0.464. The molecule has 2 aromatic rings. The standard InChI is InChI=1S/C31H29F7N4O2/c1-18-12-23(32)4-6-26(18)27-16-24(40-10-11-41-25(17-40)5-7-28(41)43)8-9-42(27)29(44)39(3)19(2)20-13-21(30(33,34)35)15-22(14-20)31(36,37)38/h4-7,10-15,17,19,24,27H,8-9,16H2,1-3H3/t19-,24+,27-/m1/s1. The number of carbonyl (C=O) groups excluding carboxylic acids is 1. The molecule has 3 atom stereocenters. The molecule has 0 spiro atoms. The lowest BCUT2D eigenvalue weighted by atomic mass is 9.89. The molecule has 2 amide bonds. The number of urea groups is 1. The van der Waals surface area contributed by atoms with Crippen LogP contribution in [0.1, 0.15) is 65.7 Å². The van der Waals surface area contributed by atoms with Gasteiger partial charge in [-0.2, -0.15) is 26.3 Å². The van der Waals surface area contributed by atoms with E-state index < -0.39 is 47.4 Å². The summed E-state index contributed by atoms with van der Waals surface area (Å²) in [5.41, 5.74) is -1.49. The molecule has 2 aromatic carbocycles. The summed E-state index contributed by atoms with van der Waals surface area (Å²) in [5, 5.41) is 0. The summed E-state index contributed by atoms with van der Waals surface area (Å²) in [7, 11) is 1.33. The Balaban J connectivity index is 1.48. The zero-order valence-corrected chi connectivity index (χ0v) is 24.0. The lowest BCUT2D eigenvalue weighted by molar-refractivity contribution is -0.143. The second-order valence-corrected chi connectivity index (χ2v) is 11.1. The van der Waals surface area contributed by atoms with Crippen molar-refractivity contribution in [1.29, 1.82) is 0 Å². The third kappa shape index (κ3) is 6.04. The smallest absolute Gasteiger partial charge is 0.348 e. The molecule has 0 N–H and O–H groups in total. The maximum atomic E-state index is 14.0. The maximum absolute atomic E-state index is 14.0. The molecular weight excluding hydrogens is 593 g/mol. The van der Waals surface area contributed by atoms with E-state index in [1.165, 1.54) is 41.6 Å². The van der Waals surface area contributed by atoms with Gasteiger partial charge in [-0.1, -0.05) is 6.07 Å². The van der Waals surface area contributed by atoms with Gasteiger partial charge in [-0.05, 0) is 79.8 Å². The molecule has 3 aliphatic heterocycles. The van der Waals surface area contributed by atoms with Crippen LogP contribution in [0, 0.1) is 12.7 Å². The highest BCUT2D eigenvalue weighted by molar-refractivity contribution is 5.75. The first-order valence-corrected chi connectivity index (χ1v) is 13.8. The Labute approximate surface area is 248 Å². The quantitative estimate of drug-likeness (QED) is 0.219. The molecule has 0 saturated carbocycles. The minimum Gasteiger partial charge on any atom is -0.348 e. The first-order valence-electron chi connectivity index (χ1n) is 13.8. The zero-order chi connectivity index (χ0) is 32.1. The third-order valence-corrected chi connectivity index (χ3v) is 8.39. The van der Waals surface area contributed by atoms with Crippen LogP contribution in [0.5, 0.6) is 0 Å². The van der Waals surface area contributed by atoms with Crippen molar-refractivity contribution >= 4 is 6.03 Å². The third-order valence-electron chi connectivity index (χ3n) is 8.39. The van der Waals surface area contributed by atoms with Gasteiger partial charge in [-0.3, -0.25) is 9.36 Å². The van der Waals surface area contributed by atoms with Crippen molar-refractivity contribution in [2.24, 2.45) is 0 Å². The Morgan fingerprint density at radius 2 is 1.61 bits per heavy atom. The summed E-state index contributed by atoms with van der Waals surface area (Å²) < 4.78 is 98.6. The summed E-state index contributed by atoms with van der Waals surface area (Å²) >= 11 is 0. The normalized spacial score (nSPS) is 18.5. The fraction of sp³-hybridized carbons (Fsp3) is 0.355. The summed E-state index contributed by atoms with van der Waals surface area (Å²) in [4.78, 5) is 28.6. The number of rotatable bonds is 4. The Morgan fingerprint density at radius 3 is 2.23 bits per heavy atom. The number of benzene rings is 2. The van der Waals surface area contributed by atoms with Crippen LogP contribution >= 0.6 is 0 Å². The van der Waals surface area contributed by atoms with Crippen molar-refractivity contribution in [2.45, 2.75) is 57.2 Å². The van der Waals surface area contributed by atoms with E-state index in [0.29, 0.717) is 41.8 Å². The van der Waals surface area contributed by atoms with Crippen LogP contribution in [-0.2, 0) is 12.4 Å². The van der Waals surface area contributed by atoms with E-state index in [4.69, 9.17) is 0 Å². The van der Waals surface area contributed by atoms with E-state index in [1.807, 2.05) is 10.8 Å². The lowest BCUT2D eigenvalue weighted by Gasteiger charge is -2.43. The van der Waals surface area contributed by atoms with Gasteiger partial charge in [0.15, 0.2) is 0 Å². The highest BCUT2D eigenvalue weighted by Gasteiger charge is 2.39. The number of halogens is 7. The van der Waals surface area contributed by atoms with Crippen LogP contribution in [0.25, 0.3) is 5.69 Å². The van der Waals surface area contributed by atoms with Gasteiger partial charge in [0, 0.05) is 44.3 Å². The fourth-order valence-electron chi connectivity index (χ4n) is 5.84. The van der Waals surface area contributed by atoms with Crippen molar-refractivity contribution in [3.63, 3.8) is 0 Å². The number of fused-ring (bicyclic) bond motifs is 1. The number of hydrogen-bond acceptors (Lipinski definition) is 2. The molecule has 0 bridgehead atoms.